The fourth-order valence-electron chi connectivity index (χ4n) is 1.02. The highest BCUT2D eigenvalue weighted by Gasteiger charge is 2.15. The van der Waals surface area contributed by atoms with Crippen LogP contribution in [-0.4, -0.2) is 28.5 Å². The van der Waals surface area contributed by atoms with Crippen LogP contribution in [0.5, 0.6) is 0 Å². The van der Waals surface area contributed by atoms with Gasteiger partial charge < -0.3 is 10.4 Å². The van der Waals surface area contributed by atoms with Gasteiger partial charge in [0, 0.05) is 12.7 Å². The molecule has 1 heterocycles. The summed E-state index contributed by atoms with van der Waals surface area (Å²) in [7, 11) is 0. The lowest BCUT2D eigenvalue weighted by molar-refractivity contribution is -0.140. The largest absolute Gasteiger partial charge is 0.481 e. The first kappa shape index (κ1) is 13.7. The number of hydrogen-bond donors (Lipinski definition) is 2. The number of nitrogens with one attached hydrogen (secondary N) is 1. The third-order valence-corrected chi connectivity index (χ3v) is 2.56. The molecule has 0 fully saturated rings. The average Bonchev–Trinajstić information content (AvgIpc) is 2.28. The molecule has 5 nitrogen and oxygen atoms in total. The molecule has 0 spiro atoms. The van der Waals surface area contributed by atoms with Crippen LogP contribution < -0.4 is 5.32 Å². The van der Waals surface area contributed by atoms with Crippen molar-refractivity contribution in [2.45, 2.75) is 6.92 Å². The number of pyridine rings is 1. The van der Waals surface area contributed by atoms with Crippen molar-refractivity contribution >= 4 is 35.1 Å². The lowest BCUT2D eigenvalue weighted by Crippen LogP contribution is -2.31. The number of carboxylic acids is 1. The number of aromatic nitrogens is 1. The predicted octanol–water partition coefficient (Wildman–Crippen LogP) is 1.84. The lowest BCUT2D eigenvalue weighted by atomic mass is 10.2. The first-order chi connectivity index (χ1) is 7.91. The maximum atomic E-state index is 11.7. The SMILES string of the molecule is CC(CNC(=O)c1cc(Cl)ncc1Cl)C(=O)O. The second-order valence-electron chi connectivity index (χ2n) is 3.44. The van der Waals surface area contributed by atoms with E-state index in [1.807, 2.05) is 0 Å². The van der Waals surface area contributed by atoms with Crippen LogP contribution in [0.3, 0.4) is 0 Å². The molecule has 0 aliphatic heterocycles. The van der Waals surface area contributed by atoms with Gasteiger partial charge in [-0.3, -0.25) is 9.59 Å². The molecule has 1 amide bonds. The topological polar surface area (TPSA) is 79.3 Å². The molecule has 1 aromatic heterocycles. The molecule has 2 N–H and O–H groups in total. The molecule has 0 aliphatic rings. The van der Waals surface area contributed by atoms with Gasteiger partial charge in [0.05, 0.1) is 16.5 Å². The van der Waals surface area contributed by atoms with E-state index >= 15 is 0 Å². The van der Waals surface area contributed by atoms with Gasteiger partial charge in [0.2, 0.25) is 0 Å². The number of rotatable bonds is 4. The van der Waals surface area contributed by atoms with Gasteiger partial charge in [-0.25, -0.2) is 4.98 Å². The Bertz CT molecular complexity index is 451. The third-order valence-electron chi connectivity index (χ3n) is 2.06. The normalized spacial score (nSPS) is 11.9. The molecule has 1 atom stereocenters. The summed E-state index contributed by atoms with van der Waals surface area (Å²) in [6, 6.07) is 1.32. The maximum Gasteiger partial charge on any atom is 0.308 e. The highest BCUT2D eigenvalue weighted by molar-refractivity contribution is 6.35. The van der Waals surface area contributed by atoms with E-state index in [1.54, 1.807) is 0 Å². The fraction of sp³-hybridized carbons (Fsp3) is 0.300. The van der Waals surface area contributed by atoms with Gasteiger partial charge in [-0.2, -0.15) is 0 Å². The van der Waals surface area contributed by atoms with E-state index in [0.717, 1.165) is 0 Å². The van der Waals surface area contributed by atoms with Crippen molar-refractivity contribution < 1.29 is 14.7 Å². The lowest BCUT2D eigenvalue weighted by Gasteiger charge is -2.09. The van der Waals surface area contributed by atoms with Crippen molar-refractivity contribution in [1.29, 1.82) is 0 Å². The maximum absolute atomic E-state index is 11.7. The van der Waals surface area contributed by atoms with Gasteiger partial charge in [0.15, 0.2) is 0 Å². The molecule has 0 saturated carbocycles. The fourth-order valence-corrected chi connectivity index (χ4v) is 1.36. The molecule has 0 saturated heterocycles. The van der Waals surface area contributed by atoms with Crippen LogP contribution in [0.2, 0.25) is 10.2 Å². The third kappa shape index (κ3) is 3.87. The zero-order chi connectivity index (χ0) is 13.0. The second-order valence-corrected chi connectivity index (χ2v) is 4.23. The van der Waals surface area contributed by atoms with Crippen molar-refractivity contribution in [2.75, 3.05) is 6.54 Å². The summed E-state index contributed by atoms with van der Waals surface area (Å²) in [5.41, 5.74) is 0.171. The smallest absolute Gasteiger partial charge is 0.308 e. The van der Waals surface area contributed by atoms with Gasteiger partial charge >= 0.3 is 5.97 Å². The minimum atomic E-state index is -0.982. The van der Waals surface area contributed by atoms with E-state index in [2.05, 4.69) is 10.3 Å². The molecule has 1 aromatic rings. The number of nitrogens with zero attached hydrogens (tertiary/aromatic N) is 1. The van der Waals surface area contributed by atoms with Crippen LogP contribution in [-0.2, 0) is 4.79 Å². The minimum Gasteiger partial charge on any atom is -0.481 e. The number of amides is 1. The Balaban J connectivity index is 2.70. The molecule has 0 radical (unpaired) electrons. The molecule has 92 valence electrons. The van der Waals surface area contributed by atoms with E-state index in [-0.39, 0.29) is 22.3 Å². The van der Waals surface area contributed by atoms with Gasteiger partial charge in [0.25, 0.3) is 5.91 Å². The number of aliphatic carboxylic acids is 1. The summed E-state index contributed by atoms with van der Waals surface area (Å²) >= 11 is 11.4. The van der Waals surface area contributed by atoms with Crippen molar-refractivity contribution in [3.8, 4) is 0 Å². The Hall–Kier alpha value is -1.33. The minimum absolute atomic E-state index is 0.0183. The van der Waals surface area contributed by atoms with E-state index in [0.29, 0.717) is 0 Å². The van der Waals surface area contributed by atoms with Gasteiger partial charge in [-0.1, -0.05) is 30.1 Å². The summed E-state index contributed by atoms with van der Waals surface area (Å²) < 4.78 is 0. The zero-order valence-electron chi connectivity index (χ0n) is 8.91. The second kappa shape index (κ2) is 5.84. The van der Waals surface area contributed by atoms with Crippen molar-refractivity contribution in [3.05, 3.63) is 28.0 Å². The Morgan fingerprint density at radius 3 is 2.76 bits per heavy atom. The predicted molar refractivity (Wildman–Crippen MR) is 63.4 cm³/mol. The molecular formula is C10H10Cl2N2O3. The van der Waals surface area contributed by atoms with Crippen molar-refractivity contribution in [3.63, 3.8) is 0 Å². The summed E-state index contributed by atoms with van der Waals surface area (Å²) in [5.74, 6) is -2.13. The first-order valence-electron chi connectivity index (χ1n) is 4.74. The summed E-state index contributed by atoms with van der Waals surface area (Å²) in [6.45, 7) is 1.51. The molecule has 1 rings (SSSR count). The van der Waals surface area contributed by atoms with Crippen molar-refractivity contribution in [2.24, 2.45) is 5.92 Å². The number of carbonyl (C=O) groups is 2. The van der Waals surface area contributed by atoms with Crippen LogP contribution in [0.1, 0.15) is 17.3 Å². The van der Waals surface area contributed by atoms with Crippen molar-refractivity contribution in [1.82, 2.24) is 10.3 Å². The van der Waals surface area contributed by atoms with Crippen LogP contribution in [0.15, 0.2) is 12.3 Å². The first-order valence-corrected chi connectivity index (χ1v) is 5.49. The molecule has 17 heavy (non-hydrogen) atoms. The quantitative estimate of drug-likeness (QED) is 0.823. The molecule has 1 unspecified atom stereocenters. The number of halogens is 2. The highest BCUT2D eigenvalue weighted by atomic mass is 35.5. The summed E-state index contributed by atoms with van der Waals surface area (Å²) in [6.07, 6.45) is 1.26. The van der Waals surface area contributed by atoms with Crippen LogP contribution in [0.4, 0.5) is 0 Å². The summed E-state index contributed by atoms with van der Waals surface area (Å²) in [5, 5.41) is 11.4. The Morgan fingerprint density at radius 1 is 1.53 bits per heavy atom. The molecule has 0 aliphatic carbocycles. The Kier molecular flexibility index (Phi) is 4.72. The number of carbonyl (C=O) groups excluding carboxylic acids is 1. The van der Waals surface area contributed by atoms with E-state index in [9.17, 15) is 9.59 Å². The van der Waals surface area contributed by atoms with E-state index < -0.39 is 17.8 Å². The van der Waals surface area contributed by atoms with Crippen LogP contribution >= 0.6 is 23.2 Å². The highest BCUT2D eigenvalue weighted by Crippen LogP contribution is 2.17. The van der Waals surface area contributed by atoms with Gasteiger partial charge in [-0.15, -0.1) is 0 Å². The Labute approximate surface area is 108 Å². The number of hydrogen-bond acceptors (Lipinski definition) is 3. The van der Waals surface area contributed by atoms with E-state index in [4.69, 9.17) is 28.3 Å². The number of carboxylic acid groups (broad SMARTS) is 1. The van der Waals surface area contributed by atoms with Gasteiger partial charge in [-0.05, 0) is 6.07 Å². The van der Waals surface area contributed by atoms with Crippen LogP contribution in [0.25, 0.3) is 0 Å². The van der Waals surface area contributed by atoms with E-state index in [1.165, 1.54) is 19.2 Å². The Morgan fingerprint density at radius 2 is 2.18 bits per heavy atom. The molecule has 0 bridgehead atoms. The average molecular weight is 277 g/mol. The molecular weight excluding hydrogens is 267 g/mol. The van der Waals surface area contributed by atoms with Crippen LogP contribution in [0, 0.1) is 5.92 Å². The zero-order valence-corrected chi connectivity index (χ0v) is 10.4. The van der Waals surface area contributed by atoms with Gasteiger partial charge in [0.1, 0.15) is 5.15 Å². The summed E-state index contributed by atoms with van der Waals surface area (Å²) in [4.78, 5) is 25.9. The standard InChI is InChI=1S/C10H10Cl2N2O3/c1-5(10(16)17)3-14-9(15)6-2-8(12)13-4-7(6)11/h2,4-5H,3H2,1H3,(H,14,15)(H,16,17). The monoisotopic (exact) mass is 276 g/mol. The molecule has 7 heteroatoms. The molecule has 0 aromatic carbocycles.